The maximum absolute atomic E-state index is 11.1. The molecule has 0 bridgehead atoms. The minimum absolute atomic E-state index is 0.0514. The lowest BCUT2D eigenvalue weighted by atomic mass is 10.4. The van der Waals surface area contributed by atoms with Gasteiger partial charge in [0.1, 0.15) is 0 Å². The highest BCUT2D eigenvalue weighted by molar-refractivity contribution is 7.98. The number of thiazole rings is 1. The van der Waals surface area contributed by atoms with Gasteiger partial charge < -0.3 is 20.6 Å². The summed E-state index contributed by atoms with van der Waals surface area (Å²) in [4.78, 5) is 31.3. The molecule has 9 nitrogen and oxygen atoms in total. The molecule has 2 aromatic rings. The number of aromatic amines is 2. The third kappa shape index (κ3) is 8.54. The number of nitrogens with zero attached hydrogens (tertiary/aromatic N) is 2. The molecule has 0 amide bonds. The Hall–Kier alpha value is -1.92. The highest BCUT2D eigenvalue weighted by Crippen LogP contribution is 2.12. The van der Waals surface area contributed by atoms with Crippen LogP contribution in [0, 0.1) is 17.0 Å². The first-order valence-corrected chi connectivity index (χ1v) is 11.4. The van der Waals surface area contributed by atoms with Gasteiger partial charge in [0.15, 0.2) is 5.82 Å². The number of thioether (sulfide) groups is 2. The molecule has 0 saturated heterocycles. The van der Waals surface area contributed by atoms with Crippen LogP contribution >= 0.6 is 34.9 Å². The van der Waals surface area contributed by atoms with Gasteiger partial charge in [-0.2, -0.15) is 23.5 Å². The lowest BCUT2D eigenvalue weighted by molar-refractivity contribution is -0.404. The Morgan fingerprint density at radius 1 is 1.33 bits per heavy atom. The van der Waals surface area contributed by atoms with Gasteiger partial charge in [-0.05, 0) is 6.92 Å². The van der Waals surface area contributed by atoms with Crippen molar-refractivity contribution >= 4 is 34.9 Å². The van der Waals surface area contributed by atoms with E-state index >= 15 is 0 Å². The predicted molar refractivity (Wildman–Crippen MR) is 112 cm³/mol. The number of aryl methyl sites for hydroxylation is 1. The summed E-state index contributed by atoms with van der Waals surface area (Å²) in [6, 6.07) is 0. The van der Waals surface area contributed by atoms with Crippen molar-refractivity contribution in [2.45, 2.75) is 18.4 Å². The van der Waals surface area contributed by atoms with Crippen LogP contribution in [0.4, 0.5) is 0 Å². The molecule has 27 heavy (non-hydrogen) atoms. The maximum atomic E-state index is 11.1. The zero-order valence-corrected chi connectivity index (χ0v) is 17.3. The Balaban J connectivity index is 1.61. The standard InChI is InChI=1S/C15H22N6O3S3/c1-11-13(19-10-18-11)9-26-5-3-17-14(6-21(23)24)16-2-4-25-7-12-8-27-15(22)20-12/h6,8,10,16-17H,2-5,7,9H2,1H3,(H,18,19)(H,20,22)/b14-6-. The SMILES string of the molecule is Cc1[nH]cnc1CSCCN/C(=C\[N+](=O)[O-])NCCSCc1csc(=O)[nH]1. The smallest absolute Gasteiger partial charge is 0.304 e. The summed E-state index contributed by atoms with van der Waals surface area (Å²) < 4.78 is 0. The first-order valence-electron chi connectivity index (χ1n) is 8.18. The molecule has 0 atom stereocenters. The molecule has 148 valence electrons. The van der Waals surface area contributed by atoms with Crippen LogP contribution in [0.25, 0.3) is 0 Å². The monoisotopic (exact) mass is 430 g/mol. The molecule has 0 spiro atoms. The second-order valence-electron chi connectivity index (χ2n) is 5.43. The molecule has 4 N–H and O–H groups in total. The van der Waals surface area contributed by atoms with E-state index in [9.17, 15) is 14.9 Å². The van der Waals surface area contributed by atoms with E-state index in [4.69, 9.17) is 0 Å². The average Bonchev–Trinajstić information content (AvgIpc) is 3.21. The van der Waals surface area contributed by atoms with Gasteiger partial charge in [0.05, 0.1) is 16.9 Å². The van der Waals surface area contributed by atoms with E-state index in [0.29, 0.717) is 24.7 Å². The van der Waals surface area contributed by atoms with E-state index < -0.39 is 4.92 Å². The summed E-state index contributed by atoms with van der Waals surface area (Å²) in [6.45, 7) is 3.19. The van der Waals surface area contributed by atoms with E-state index in [-0.39, 0.29) is 4.87 Å². The van der Waals surface area contributed by atoms with Crippen LogP contribution in [0.5, 0.6) is 0 Å². The van der Waals surface area contributed by atoms with Crippen LogP contribution in [0.1, 0.15) is 17.1 Å². The Labute approximate surface area is 169 Å². The van der Waals surface area contributed by atoms with E-state index in [1.165, 1.54) is 0 Å². The molecule has 2 heterocycles. The zero-order chi connectivity index (χ0) is 19.5. The zero-order valence-electron chi connectivity index (χ0n) is 14.8. The number of hydrogen-bond donors (Lipinski definition) is 4. The molecule has 0 saturated carbocycles. The van der Waals surface area contributed by atoms with E-state index in [1.807, 2.05) is 12.3 Å². The quantitative estimate of drug-likeness (QED) is 0.215. The van der Waals surface area contributed by atoms with Crippen LogP contribution in [0.15, 0.2) is 28.5 Å². The molecule has 0 aliphatic heterocycles. The molecule has 0 aliphatic rings. The van der Waals surface area contributed by atoms with Crippen molar-refractivity contribution < 1.29 is 4.92 Å². The topological polar surface area (TPSA) is 129 Å². The van der Waals surface area contributed by atoms with Gasteiger partial charge in [0.25, 0.3) is 6.20 Å². The molecule has 2 rings (SSSR count). The Kier molecular flexibility index (Phi) is 9.28. The van der Waals surface area contributed by atoms with Crippen LogP contribution in [0.2, 0.25) is 0 Å². The minimum Gasteiger partial charge on any atom is -0.366 e. The first kappa shape index (κ1) is 21.4. The van der Waals surface area contributed by atoms with E-state index in [0.717, 1.165) is 51.9 Å². The Morgan fingerprint density at radius 2 is 2.04 bits per heavy atom. The summed E-state index contributed by atoms with van der Waals surface area (Å²) in [5.74, 6) is 3.50. The summed E-state index contributed by atoms with van der Waals surface area (Å²) in [7, 11) is 0. The second-order valence-corrected chi connectivity index (χ2v) is 8.49. The van der Waals surface area contributed by atoms with Gasteiger partial charge in [-0.25, -0.2) is 4.98 Å². The minimum atomic E-state index is -0.473. The summed E-state index contributed by atoms with van der Waals surface area (Å²) in [6.07, 6.45) is 2.63. The lowest BCUT2D eigenvalue weighted by Gasteiger charge is -2.11. The number of nitrogens with one attached hydrogen (secondary N) is 4. The van der Waals surface area contributed by atoms with Crippen molar-refractivity contribution in [1.29, 1.82) is 0 Å². The van der Waals surface area contributed by atoms with Crippen molar-refractivity contribution in [1.82, 2.24) is 25.6 Å². The van der Waals surface area contributed by atoms with Gasteiger partial charge in [0, 0.05) is 52.9 Å². The largest absolute Gasteiger partial charge is 0.366 e. The fourth-order valence-electron chi connectivity index (χ4n) is 2.04. The number of imidazole rings is 1. The fraction of sp³-hybridized carbons (Fsp3) is 0.467. The van der Waals surface area contributed by atoms with Crippen LogP contribution < -0.4 is 15.5 Å². The van der Waals surface area contributed by atoms with Gasteiger partial charge in [0.2, 0.25) is 0 Å². The normalized spacial score (nSPS) is 11.5. The van der Waals surface area contributed by atoms with Gasteiger partial charge in [-0.15, -0.1) is 0 Å². The van der Waals surface area contributed by atoms with Crippen molar-refractivity contribution in [3.63, 3.8) is 0 Å². The van der Waals surface area contributed by atoms with Crippen LogP contribution in [-0.4, -0.2) is 44.5 Å². The van der Waals surface area contributed by atoms with Gasteiger partial charge in [-0.3, -0.25) is 14.9 Å². The third-order valence-electron chi connectivity index (χ3n) is 3.36. The predicted octanol–water partition coefficient (Wildman–Crippen LogP) is 1.89. The number of H-pyrrole nitrogens is 2. The molecule has 0 unspecified atom stereocenters. The van der Waals surface area contributed by atoms with E-state index in [1.54, 1.807) is 29.9 Å². The second kappa shape index (κ2) is 11.7. The summed E-state index contributed by atoms with van der Waals surface area (Å²) in [5.41, 5.74) is 3.00. The molecular weight excluding hydrogens is 408 g/mol. The van der Waals surface area contributed by atoms with Gasteiger partial charge in [-0.1, -0.05) is 11.3 Å². The van der Waals surface area contributed by atoms with Crippen molar-refractivity contribution in [3.8, 4) is 0 Å². The summed E-state index contributed by atoms with van der Waals surface area (Å²) in [5, 5.41) is 18.7. The molecule has 0 aromatic carbocycles. The van der Waals surface area contributed by atoms with Crippen LogP contribution in [-0.2, 0) is 11.5 Å². The maximum Gasteiger partial charge on any atom is 0.304 e. The van der Waals surface area contributed by atoms with Crippen molar-refractivity contribution in [3.05, 3.63) is 60.6 Å². The molecule has 0 radical (unpaired) electrons. The lowest BCUT2D eigenvalue weighted by Crippen LogP contribution is -2.30. The number of rotatable bonds is 13. The number of aromatic nitrogens is 3. The Bertz CT molecular complexity index is 801. The van der Waals surface area contributed by atoms with Crippen LogP contribution in [0.3, 0.4) is 0 Å². The van der Waals surface area contributed by atoms with Crippen molar-refractivity contribution in [2.75, 3.05) is 24.6 Å². The highest BCUT2D eigenvalue weighted by atomic mass is 32.2. The molecule has 0 fully saturated rings. The molecule has 12 heteroatoms. The average molecular weight is 431 g/mol. The molecule has 0 aliphatic carbocycles. The van der Waals surface area contributed by atoms with E-state index in [2.05, 4.69) is 25.6 Å². The molecule has 2 aromatic heterocycles. The number of nitro groups is 1. The fourth-order valence-corrected chi connectivity index (χ4v) is 4.37. The molecular formula is C15H22N6O3S3. The van der Waals surface area contributed by atoms with Gasteiger partial charge >= 0.3 is 4.87 Å². The third-order valence-corrected chi connectivity index (χ3v) is 6.06. The first-order chi connectivity index (χ1) is 13.0. The van der Waals surface area contributed by atoms with Crippen molar-refractivity contribution in [2.24, 2.45) is 0 Å². The Morgan fingerprint density at radius 3 is 2.59 bits per heavy atom. The highest BCUT2D eigenvalue weighted by Gasteiger charge is 2.04. The summed E-state index contributed by atoms with van der Waals surface area (Å²) >= 11 is 4.51. The number of hydrogen-bond acceptors (Lipinski definition) is 9.